The SMILES string of the molecule is CC1=CCN(C(=O)C[C@@H]2C(=O)NCCN2Cc2ccccc2)CC1. The molecule has 0 bridgehead atoms. The molecule has 0 saturated carbocycles. The van der Waals surface area contributed by atoms with Crippen LogP contribution < -0.4 is 5.32 Å². The lowest BCUT2D eigenvalue weighted by molar-refractivity contribution is -0.138. The molecule has 2 amide bonds. The first-order valence-corrected chi connectivity index (χ1v) is 8.62. The third kappa shape index (κ3) is 4.03. The highest BCUT2D eigenvalue weighted by Crippen LogP contribution is 2.17. The van der Waals surface area contributed by atoms with Crippen molar-refractivity contribution in [3.63, 3.8) is 0 Å². The van der Waals surface area contributed by atoms with Crippen molar-refractivity contribution in [3.8, 4) is 0 Å². The molecule has 0 aromatic heterocycles. The van der Waals surface area contributed by atoms with Crippen molar-refractivity contribution in [1.29, 1.82) is 0 Å². The Morgan fingerprint density at radius 1 is 1.25 bits per heavy atom. The van der Waals surface area contributed by atoms with Crippen molar-refractivity contribution in [3.05, 3.63) is 47.5 Å². The van der Waals surface area contributed by atoms with E-state index in [2.05, 4.69) is 35.3 Å². The number of hydrogen-bond donors (Lipinski definition) is 1. The molecule has 1 N–H and O–H groups in total. The number of amides is 2. The quantitative estimate of drug-likeness (QED) is 0.854. The largest absolute Gasteiger partial charge is 0.353 e. The van der Waals surface area contributed by atoms with Crippen LogP contribution in [-0.2, 0) is 16.1 Å². The Hall–Kier alpha value is -2.14. The van der Waals surface area contributed by atoms with Crippen LogP contribution in [0.1, 0.15) is 25.3 Å². The van der Waals surface area contributed by atoms with Crippen LogP contribution in [0.25, 0.3) is 0 Å². The Bertz CT molecular complexity index is 627. The van der Waals surface area contributed by atoms with Gasteiger partial charge in [0.1, 0.15) is 0 Å². The maximum atomic E-state index is 12.6. The average molecular weight is 327 g/mol. The Kier molecular flexibility index (Phi) is 5.30. The molecule has 5 nitrogen and oxygen atoms in total. The first-order chi connectivity index (χ1) is 11.6. The molecule has 1 aromatic rings. The summed E-state index contributed by atoms with van der Waals surface area (Å²) in [5.74, 6) is 0.0353. The van der Waals surface area contributed by atoms with Gasteiger partial charge in [-0.25, -0.2) is 0 Å². The minimum absolute atomic E-state index is 0.0331. The zero-order valence-corrected chi connectivity index (χ0v) is 14.2. The number of nitrogens with zero attached hydrogens (tertiary/aromatic N) is 2. The lowest BCUT2D eigenvalue weighted by Crippen LogP contribution is -2.56. The Balaban J connectivity index is 1.66. The summed E-state index contributed by atoms with van der Waals surface area (Å²) in [4.78, 5) is 28.9. The zero-order valence-electron chi connectivity index (χ0n) is 14.2. The fourth-order valence-electron chi connectivity index (χ4n) is 3.28. The summed E-state index contributed by atoms with van der Waals surface area (Å²) in [5, 5.41) is 2.90. The van der Waals surface area contributed by atoms with Crippen molar-refractivity contribution in [2.24, 2.45) is 0 Å². The van der Waals surface area contributed by atoms with Crippen molar-refractivity contribution in [1.82, 2.24) is 15.1 Å². The third-order valence-electron chi connectivity index (χ3n) is 4.83. The first kappa shape index (κ1) is 16.7. The summed E-state index contributed by atoms with van der Waals surface area (Å²) in [5.41, 5.74) is 2.50. The summed E-state index contributed by atoms with van der Waals surface area (Å²) in [6, 6.07) is 9.73. The van der Waals surface area contributed by atoms with E-state index in [1.54, 1.807) is 0 Å². The van der Waals surface area contributed by atoms with Gasteiger partial charge in [-0.1, -0.05) is 42.0 Å². The molecule has 1 fully saturated rings. The molecular weight excluding hydrogens is 302 g/mol. The molecular formula is C19H25N3O2. The van der Waals surface area contributed by atoms with Crippen LogP contribution in [0.2, 0.25) is 0 Å². The molecule has 1 atom stereocenters. The number of hydrogen-bond acceptors (Lipinski definition) is 3. The second-order valence-corrected chi connectivity index (χ2v) is 6.61. The smallest absolute Gasteiger partial charge is 0.237 e. The van der Waals surface area contributed by atoms with E-state index in [0.717, 1.165) is 19.5 Å². The second kappa shape index (κ2) is 7.62. The number of rotatable bonds is 4. The van der Waals surface area contributed by atoms with Crippen molar-refractivity contribution in [2.75, 3.05) is 26.2 Å². The van der Waals surface area contributed by atoms with Crippen LogP contribution in [-0.4, -0.2) is 53.8 Å². The van der Waals surface area contributed by atoms with Crippen molar-refractivity contribution < 1.29 is 9.59 Å². The van der Waals surface area contributed by atoms with Crippen LogP contribution in [0.4, 0.5) is 0 Å². The topological polar surface area (TPSA) is 52.7 Å². The van der Waals surface area contributed by atoms with Gasteiger partial charge in [0.05, 0.1) is 12.5 Å². The van der Waals surface area contributed by atoms with Crippen molar-refractivity contribution >= 4 is 11.8 Å². The highest BCUT2D eigenvalue weighted by atomic mass is 16.2. The predicted octanol–water partition coefficient (Wildman–Crippen LogP) is 1.56. The van der Waals surface area contributed by atoms with Crippen LogP contribution in [0.5, 0.6) is 0 Å². The van der Waals surface area contributed by atoms with Crippen LogP contribution in [0.15, 0.2) is 42.0 Å². The highest BCUT2D eigenvalue weighted by molar-refractivity contribution is 5.89. The summed E-state index contributed by atoms with van der Waals surface area (Å²) in [6.45, 7) is 5.63. The zero-order chi connectivity index (χ0) is 16.9. The van der Waals surface area contributed by atoms with Crippen LogP contribution in [0.3, 0.4) is 0 Å². The summed E-state index contributed by atoms with van der Waals surface area (Å²) in [7, 11) is 0. The second-order valence-electron chi connectivity index (χ2n) is 6.61. The Morgan fingerprint density at radius 3 is 2.75 bits per heavy atom. The van der Waals surface area contributed by atoms with E-state index in [-0.39, 0.29) is 24.3 Å². The molecule has 128 valence electrons. The average Bonchev–Trinajstić information content (AvgIpc) is 2.59. The van der Waals surface area contributed by atoms with E-state index in [0.29, 0.717) is 19.6 Å². The monoisotopic (exact) mass is 327 g/mol. The van der Waals surface area contributed by atoms with E-state index < -0.39 is 0 Å². The molecule has 24 heavy (non-hydrogen) atoms. The van der Waals surface area contributed by atoms with Gasteiger partial charge in [-0.15, -0.1) is 0 Å². The molecule has 0 unspecified atom stereocenters. The Morgan fingerprint density at radius 2 is 2.04 bits per heavy atom. The molecule has 5 heteroatoms. The number of nitrogens with one attached hydrogen (secondary N) is 1. The maximum absolute atomic E-state index is 12.6. The normalized spacial score (nSPS) is 22.0. The summed E-state index contributed by atoms with van der Waals surface area (Å²) < 4.78 is 0. The highest BCUT2D eigenvalue weighted by Gasteiger charge is 2.33. The molecule has 0 aliphatic carbocycles. The number of piperazine rings is 1. The molecule has 2 heterocycles. The molecule has 2 aliphatic rings. The summed E-state index contributed by atoms with van der Waals surface area (Å²) in [6.07, 6.45) is 3.28. The fourth-order valence-corrected chi connectivity index (χ4v) is 3.28. The van der Waals surface area contributed by atoms with Gasteiger partial charge < -0.3 is 10.2 Å². The van der Waals surface area contributed by atoms with Gasteiger partial charge in [0.25, 0.3) is 0 Å². The van der Waals surface area contributed by atoms with E-state index in [1.165, 1.54) is 11.1 Å². The van der Waals surface area contributed by atoms with Gasteiger partial charge in [0.15, 0.2) is 0 Å². The lowest BCUT2D eigenvalue weighted by atomic mass is 10.0. The van der Waals surface area contributed by atoms with E-state index >= 15 is 0 Å². The van der Waals surface area contributed by atoms with Crippen LogP contribution in [0, 0.1) is 0 Å². The predicted molar refractivity (Wildman–Crippen MR) is 93.2 cm³/mol. The molecule has 0 radical (unpaired) electrons. The van der Waals surface area contributed by atoms with Gasteiger partial charge in [0.2, 0.25) is 11.8 Å². The van der Waals surface area contributed by atoms with E-state index in [4.69, 9.17) is 0 Å². The number of carbonyl (C=O) groups excluding carboxylic acids is 2. The number of carbonyl (C=O) groups is 2. The third-order valence-corrected chi connectivity index (χ3v) is 4.83. The summed E-state index contributed by atoms with van der Waals surface area (Å²) >= 11 is 0. The lowest BCUT2D eigenvalue weighted by Gasteiger charge is -2.36. The number of benzene rings is 1. The fraction of sp³-hybridized carbons (Fsp3) is 0.474. The maximum Gasteiger partial charge on any atom is 0.237 e. The first-order valence-electron chi connectivity index (χ1n) is 8.62. The van der Waals surface area contributed by atoms with Gasteiger partial charge in [-0.2, -0.15) is 0 Å². The van der Waals surface area contributed by atoms with Crippen molar-refractivity contribution in [2.45, 2.75) is 32.4 Å². The van der Waals surface area contributed by atoms with Gasteiger partial charge in [-0.3, -0.25) is 14.5 Å². The standard InChI is InChI=1S/C19H25N3O2/c1-15-7-10-21(11-8-15)18(23)13-17-19(24)20-9-12-22(17)14-16-5-3-2-4-6-16/h2-7,17H,8-14H2,1H3,(H,20,24)/t17-/m1/s1. The van der Waals surface area contributed by atoms with Gasteiger partial charge in [-0.05, 0) is 18.9 Å². The minimum atomic E-state index is -0.376. The molecule has 0 spiro atoms. The van der Waals surface area contributed by atoms with E-state index in [1.807, 2.05) is 23.1 Å². The molecule has 1 aromatic carbocycles. The molecule has 3 rings (SSSR count). The van der Waals surface area contributed by atoms with Gasteiger partial charge in [0, 0.05) is 32.7 Å². The molecule has 1 saturated heterocycles. The van der Waals surface area contributed by atoms with Gasteiger partial charge >= 0.3 is 0 Å². The molecule has 2 aliphatic heterocycles. The Labute approximate surface area is 143 Å². The van der Waals surface area contributed by atoms with Crippen LogP contribution >= 0.6 is 0 Å². The van der Waals surface area contributed by atoms with E-state index in [9.17, 15) is 9.59 Å². The minimum Gasteiger partial charge on any atom is -0.353 e.